The van der Waals surface area contributed by atoms with Crippen LogP contribution in [0.2, 0.25) is 5.02 Å². The first-order chi connectivity index (χ1) is 13.6. The van der Waals surface area contributed by atoms with Crippen molar-refractivity contribution in [2.45, 2.75) is 25.5 Å². The van der Waals surface area contributed by atoms with Gasteiger partial charge in [0.15, 0.2) is 0 Å². The van der Waals surface area contributed by atoms with Gasteiger partial charge in [0.05, 0.1) is 23.4 Å². The number of ether oxygens (including phenoxy) is 2. The number of nitrogens with zero attached hydrogens (tertiary/aromatic N) is 1. The van der Waals surface area contributed by atoms with E-state index in [1.165, 1.54) is 7.11 Å². The van der Waals surface area contributed by atoms with Crippen LogP contribution in [0.3, 0.4) is 0 Å². The minimum Gasteiger partial charge on any atom is -0.465 e. The summed E-state index contributed by atoms with van der Waals surface area (Å²) in [6, 6.07) is 14.8. The van der Waals surface area contributed by atoms with Crippen molar-refractivity contribution >= 4 is 29.4 Å². The number of hydrogen-bond acceptors (Lipinski definition) is 5. The van der Waals surface area contributed by atoms with Gasteiger partial charge in [-0.05, 0) is 36.6 Å². The Hall–Kier alpha value is -2.73. The van der Waals surface area contributed by atoms with Crippen molar-refractivity contribution in [2.75, 3.05) is 25.5 Å². The molecule has 2 aromatic rings. The zero-order valence-electron chi connectivity index (χ0n) is 15.7. The Balaban J connectivity index is 1.50. The maximum Gasteiger partial charge on any atom is 0.410 e. The molecule has 0 saturated carbocycles. The van der Waals surface area contributed by atoms with Crippen molar-refractivity contribution < 1.29 is 19.1 Å². The Morgan fingerprint density at radius 2 is 1.86 bits per heavy atom. The molecule has 1 aliphatic rings. The van der Waals surface area contributed by atoms with Gasteiger partial charge < -0.3 is 19.7 Å². The second kappa shape index (κ2) is 9.46. The van der Waals surface area contributed by atoms with E-state index in [2.05, 4.69) is 5.32 Å². The highest BCUT2D eigenvalue weighted by Gasteiger charge is 2.24. The van der Waals surface area contributed by atoms with Crippen molar-refractivity contribution in [3.63, 3.8) is 0 Å². The van der Waals surface area contributed by atoms with Gasteiger partial charge in [-0.3, -0.25) is 0 Å². The van der Waals surface area contributed by atoms with Gasteiger partial charge in [-0.1, -0.05) is 41.9 Å². The van der Waals surface area contributed by atoms with Gasteiger partial charge >= 0.3 is 12.1 Å². The van der Waals surface area contributed by atoms with Gasteiger partial charge in [0.25, 0.3) is 0 Å². The predicted molar refractivity (Wildman–Crippen MR) is 108 cm³/mol. The van der Waals surface area contributed by atoms with E-state index in [9.17, 15) is 9.59 Å². The Kier molecular flexibility index (Phi) is 6.76. The second-order valence-corrected chi connectivity index (χ2v) is 7.04. The van der Waals surface area contributed by atoms with Crippen LogP contribution in [0, 0.1) is 0 Å². The average molecular weight is 403 g/mol. The molecule has 0 atom stereocenters. The summed E-state index contributed by atoms with van der Waals surface area (Å²) in [5, 5.41) is 3.91. The van der Waals surface area contributed by atoms with E-state index in [-0.39, 0.29) is 18.7 Å². The number of methoxy groups -OCH3 is 1. The highest BCUT2D eigenvalue weighted by Crippen LogP contribution is 2.26. The van der Waals surface area contributed by atoms with Crippen molar-refractivity contribution in [1.82, 2.24) is 4.90 Å². The first-order valence-corrected chi connectivity index (χ1v) is 9.54. The number of rotatable bonds is 5. The smallest absolute Gasteiger partial charge is 0.410 e. The minimum absolute atomic E-state index is 0.156. The molecular weight excluding hydrogens is 380 g/mol. The van der Waals surface area contributed by atoms with Gasteiger partial charge in [0, 0.05) is 19.1 Å². The zero-order valence-corrected chi connectivity index (χ0v) is 16.4. The van der Waals surface area contributed by atoms with Crippen LogP contribution < -0.4 is 5.32 Å². The van der Waals surface area contributed by atoms with E-state index in [0.29, 0.717) is 29.4 Å². The third-order valence-electron chi connectivity index (χ3n) is 4.71. The molecular formula is C21H23ClN2O4. The maximum atomic E-state index is 12.3. The molecule has 1 fully saturated rings. The van der Waals surface area contributed by atoms with Crippen molar-refractivity contribution in [2.24, 2.45) is 0 Å². The van der Waals surface area contributed by atoms with Gasteiger partial charge in [0.1, 0.15) is 6.61 Å². The molecule has 1 saturated heterocycles. The Labute approximate surface area is 169 Å². The van der Waals surface area contributed by atoms with Gasteiger partial charge in [-0.25, -0.2) is 9.59 Å². The minimum atomic E-state index is -0.407. The molecule has 6 nitrogen and oxygen atoms in total. The predicted octanol–water partition coefficient (Wildman–Crippen LogP) is 4.34. The number of hydrogen-bond donors (Lipinski definition) is 1. The highest BCUT2D eigenvalue weighted by molar-refractivity contribution is 6.33. The standard InChI is InChI=1S/C21H23ClN2O4/c1-27-20(25)16-7-8-18(22)19(13-16)23-17-9-11-24(12-10-17)21(26)28-14-15-5-3-2-4-6-15/h2-8,13,17,23H,9-12,14H2,1H3. The molecule has 148 valence electrons. The fraction of sp³-hybridized carbons (Fsp3) is 0.333. The van der Waals surface area contributed by atoms with Crippen molar-refractivity contribution in [1.29, 1.82) is 0 Å². The molecule has 28 heavy (non-hydrogen) atoms. The van der Waals surface area contributed by atoms with E-state index in [1.807, 2.05) is 30.3 Å². The normalized spacial score (nSPS) is 14.4. The summed E-state index contributed by atoms with van der Waals surface area (Å²) in [6.45, 7) is 1.47. The molecule has 3 rings (SSSR count). The number of anilines is 1. The second-order valence-electron chi connectivity index (χ2n) is 6.63. The molecule has 0 unspecified atom stereocenters. The van der Waals surface area contributed by atoms with Crippen LogP contribution in [-0.4, -0.2) is 43.2 Å². The number of nitrogens with one attached hydrogen (secondary N) is 1. The zero-order chi connectivity index (χ0) is 19.9. The van der Waals surface area contributed by atoms with Crippen LogP contribution in [-0.2, 0) is 16.1 Å². The summed E-state index contributed by atoms with van der Waals surface area (Å²) >= 11 is 6.24. The molecule has 0 bridgehead atoms. The Morgan fingerprint density at radius 1 is 1.14 bits per heavy atom. The fourth-order valence-electron chi connectivity index (χ4n) is 3.12. The number of carbonyl (C=O) groups is 2. The van der Waals surface area contributed by atoms with E-state index in [1.54, 1.807) is 23.1 Å². The molecule has 1 amide bonds. The molecule has 7 heteroatoms. The molecule has 0 radical (unpaired) electrons. The average Bonchev–Trinajstić information content (AvgIpc) is 2.74. The molecule has 0 aromatic heterocycles. The third kappa shape index (κ3) is 5.16. The molecule has 1 aliphatic heterocycles. The van der Waals surface area contributed by atoms with E-state index >= 15 is 0 Å². The summed E-state index contributed by atoms with van der Waals surface area (Å²) in [5.74, 6) is -0.407. The van der Waals surface area contributed by atoms with Crippen LogP contribution >= 0.6 is 11.6 Å². The number of amides is 1. The quantitative estimate of drug-likeness (QED) is 0.753. The number of halogens is 1. The highest BCUT2D eigenvalue weighted by atomic mass is 35.5. The maximum absolute atomic E-state index is 12.3. The van der Waals surface area contributed by atoms with Crippen LogP contribution in [0.5, 0.6) is 0 Å². The summed E-state index contributed by atoms with van der Waals surface area (Å²) in [7, 11) is 1.34. The molecule has 2 aromatic carbocycles. The van der Waals surface area contributed by atoms with Crippen molar-refractivity contribution in [3.8, 4) is 0 Å². The number of esters is 1. The van der Waals surface area contributed by atoms with E-state index in [0.717, 1.165) is 18.4 Å². The monoisotopic (exact) mass is 402 g/mol. The van der Waals surface area contributed by atoms with E-state index < -0.39 is 5.97 Å². The molecule has 1 N–H and O–H groups in total. The number of benzene rings is 2. The third-order valence-corrected chi connectivity index (χ3v) is 5.03. The summed E-state index contributed by atoms with van der Waals surface area (Å²) in [5.41, 5.74) is 2.10. The summed E-state index contributed by atoms with van der Waals surface area (Å²) < 4.78 is 10.1. The van der Waals surface area contributed by atoms with Crippen LogP contribution in [0.25, 0.3) is 0 Å². The molecule has 0 aliphatic carbocycles. The van der Waals surface area contributed by atoms with Gasteiger partial charge in [-0.2, -0.15) is 0 Å². The fourth-order valence-corrected chi connectivity index (χ4v) is 3.29. The SMILES string of the molecule is COC(=O)c1ccc(Cl)c(NC2CCN(C(=O)OCc3ccccc3)CC2)c1. The lowest BCUT2D eigenvalue weighted by Gasteiger charge is -2.32. The van der Waals surface area contributed by atoms with Crippen molar-refractivity contribution in [3.05, 3.63) is 64.7 Å². The van der Waals surface area contributed by atoms with E-state index in [4.69, 9.17) is 21.1 Å². The Morgan fingerprint density at radius 3 is 2.54 bits per heavy atom. The molecule has 0 spiro atoms. The number of carbonyl (C=O) groups excluding carboxylic acids is 2. The van der Waals surface area contributed by atoms with Crippen LogP contribution in [0.1, 0.15) is 28.8 Å². The number of likely N-dealkylation sites (tertiary alicyclic amines) is 1. The molecule has 1 heterocycles. The van der Waals surface area contributed by atoms with Gasteiger partial charge in [-0.15, -0.1) is 0 Å². The Bertz CT molecular complexity index is 820. The lowest BCUT2D eigenvalue weighted by Crippen LogP contribution is -2.42. The summed E-state index contributed by atoms with van der Waals surface area (Å²) in [4.78, 5) is 25.7. The largest absolute Gasteiger partial charge is 0.465 e. The van der Waals surface area contributed by atoms with Crippen LogP contribution in [0.4, 0.5) is 10.5 Å². The topological polar surface area (TPSA) is 67.9 Å². The first kappa shape index (κ1) is 20.0. The lowest BCUT2D eigenvalue weighted by atomic mass is 10.0. The lowest BCUT2D eigenvalue weighted by molar-refractivity contribution is 0.0600. The van der Waals surface area contributed by atoms with Gasteiger partial charge in [0.2, 0.25) is 0 Å². The summed E-state index contributed by atoms with van der Waals surface area (Å²) in [6.07, 6.45) is 1.23. The number of piperidine rings is 1. The van der Waals surface area contributed by atoms with Crippen LogP contribution in [0.15, 0.2) is 48.5 Å². The first-order valence-electron chi connectivity index (χ1n) is 9.17.